The Morgan fingerprint density at radius 3 is 0.728 bits per heavy atom. The van der Waals surface area contributed by atoms with Crippen LogP contribution in [0.5, 0.6) is 0 Å². The molecule has 8 nitrogen and oxygen atoms in total. The van der Waals surface area contributed by atoms with Crippen LogP contribution in [0.2, 0.25) is 0 Å². The molecular formula is C106H72N8. The monoisotopic (exact) mass is 1460 g/mol. The van der Waals surface area contributed by atoms with E-state index >= 15 is 0 Å². The van der Waals surface area contributed by atoms with E-state index < -0.39 is 0 Å². The molecule has 0 aliphatic rings. The smallest absolute Gasteiger partial charge is 0.160 e. The minimum Gasteiger partial charge on any atom is -0.251 e. The Morgan fingerprint density at radius 1 is 0.149 bits per heavy atom. The van der Waals surface area contributed by atoms with Crippen molar-refractivity contribution in [2.45, 2.75) is 13.8 Å². The lowest BCUT2D eigenvalue weighted by molar-refractivity contribution is 1.18. The minimum atomic E-state index is 0.695. The summed E-state index contributed by atoms with van der Waals surface area (Å²) in [5, 5.41) is 4.32. The van der Waals surface area contributed by atoms with Crippen molar-refractivity contribution in [2.75, 3.05) is 0 Å². The quantitative estimate of drug-likeness (QED) is 0.0992. The Kier molecular flexibility index (Phi) is 18.7. The lowest BCUT2D eigenvalue weighted by Crippen LogP contribution is -1.96. The average molecular weight is 1460 g/mol. The fourth-order valence-electron chi connectivity index (χ4n) is 15.2. The predicted molar refractivity (Wildman–Crippen MR) is 471 cm³/mol. The molecule has 8 heteroatoms. The van der Waals surface area contributed by atoms with Crippen LogP contribution in [0.3, 0.4) is 0 Å². The van der Waals surface area contributed by atoms with Gasteiger partial charge in [-0.3, -0.25) is 9.97 Å². The highest BCUT2D eigenvalue weighted by Gasteiger charge is 2.20. The minimum absolute atomic E-state index is 0.695. The third-order valence-corrected chi connectivity index (χ3v) is 21.2. The van der Waals surface area contributed by atoms with E-state index in [1.165, 1.54) is 16.7 Å². The van der Waals surface area contributed by atoms with Crippen molar-refractivity contribution in [2.24, 2.45) is 0 Å². The van der Waals surface area contributed by atoms with Crippen molar-refractivity contribution in [3.63, 3.8) is 0 Å². The molecule has 0 spiro atoms. The van der Waals surface area contributed by atoms with Gasteiger partial charge in [-0.25, -0.2) is 29.9 Å². The van der Waals surface area contributed by atoms with Gasteiger partial charge in [-0.15, -0.1) is 0 Å². The molecule has 0 saturated carbocycles. The van der Waals surface area contributed by atoms with Crippen LogP contribution in [0.25, 0.3) is 201 Å². The van der Waals surface area contributed by atoms with Gasteiger partial charge in [0.15, 0.2) is 11.6 Å². The molecule has 0 aliphatic heterocycles. The Bertz CT molecular complexity index is 6490. The molecular weight excluding hydrogens is 1390 g/mol. The number of aromatic nitrogens is 8. The van der Waals surface area contributed by atoms with Crippen LogP contribution in [-0.4, -0.2) is 39.9 Å². The highest BCUT2D eigenvalue weighted by Crippen LogP contribution is 2.41. The number of hydrogen-bond acceptors (Lipinski definition) is 8. The molecule has 6 heterocycles. The first kappa shape index (κ1) is 69.3. The molecule has 114 heavy (non-hydrogen) atoms. The van der Waals surface area contributed by atoms with Crippen LogP contribution in [0.4, 0.5) is 0 Å². The second kappa shape index (κ2) is 30.7. The molecule has 0 bridgehead atoms. The Hall–Kier alpha value is -15.1. The Morgan fingerprint density at radius 2 is 0.386 bits per heavy atom. The van der Waals surface area contributed by atoms with E-state index in [0.717, 1.165) is 184 Å². The summed E-state index contributed by atoms with van der Waals surface area (Å²) >= 11 is 0. The fourth-order valence-corrected chi connectivity index (χ4v) is 15.2. The molecule has 536 valence electrons. The molecule has 0 saturated heterocycles. The maximum Gasteiger partial charge on any atom is 0.160 e. The van der Waals surface area contributed by atoms with E-state index in [0.29, 0.717) is 11.6 Å². The average Bonchev–Trinajstić information content (AvgIpc) is 0.751. The van der Waals surface area contributed by atoms with Crippen LogP contribution in [0, 0.1) is 13.8 Å². The van der Waals surface area contributed by atoms with Gasteiger partial charge >= 0.3 is 0 Å². The number of benzene rings is 14. The highest BCUT2D eigenvalue weighted by molar-refractivity contribution is 6.11. The maximum atomic E-state index is 5.21. The molecule has 14 aromatic carbocycles. The van der Waals surface area contributed by atoms with E-state index in [2.05, 4.69) is 340 Å². The topological polar surface area (TPSA) is 103 Å². The molecule has 6 aromatic heterocycles. The summed E-state index contributed by atoms with van der Waals surface area (Å²) in [7, 11) is 0. The first-order valence-corrected chi connectivity index (χ1v) is 38.4. The highest BCUT2D eigenvalue weighted by atomic mass is 14.9. The molecule has 0 unspecified atom stereocenters. The zero-order chi connectivity index (χ0) is 76.3. The van der Waals surface area contributed by atoms with Crippen molar-refractivity contribution in [3.8, 4) is 157 Å². The van der Waals surface area contributed by atoms with Crippen molar-refractivity contribution in [3.05, 3.63) is 412 Å². The predicted octanol–water partition coefficient (Wildman–Crippen LogP) is 27.1. The number of aryl methyl sites for hydroxylation is 2. The van der Waals surface area contributed by atoms with E-state index in [4.69, 9.17) is 39.9 Å². The van der Waals surface area contributed by atoms with Crippen molar-refractivity contribution in [1.82, 2.24) is 39.9 Å². The first-order valence-electron chi connectivity index (χ1n) is 38.4. The van der Waals surface area contributed by atoms with Gasteiger partial charge in [0.25, 0.3) is 0 Å². The van der Waals surface area contributed by atoms with E-state index in [1.807, 2.05) is 74.5 Å². The number of rotatable bonds is 14. The van der Waals surface area contributed by atoms with E-state index in [1.54, 1.807) is 0 Å². The number of nitrogens with zero attached hydrogens (tertiary/aromatic N) is 8. The van der Waals surface area contributed by atoms with E-state index in [9.17, 15) is 0 Å². The molecule has 20 rings (SSSR count). The lowest BCUT2D eigenvalue weighted by atomic mass is 9.94. The van der Waals surface area contributed by atoms with Crippen LogP contribution in [0.1, 0.15) is 11.4 Å². The van der Waals surface area contributed by atoms with Crippen LogP contribution < -0.4 is 0 Å². The second-order valence-corrected chi connectivity index (χ2v) is 28.7. The Balaban J connectivity index is 0.000000153. The molecule has 20 aromatic rings. The zero-order valence-electron chi connectivity index (χ0n) is 62.7. The van der Waals surface area contributed by atoms with Crippen molar-refractivity contribution >= 4 is 43.6 Å². The van der Waals surface area contributed by atoms with Crippen LogP contribution >= 0.6 is 0 Å². The zero-order valence-corrected chi connectivity index (χ0v) is 62.7. The van der Waals surface area contributed by atoms with Gasteiger partial charge in [0.05, 0.1) is 56.2 Å². The van der Waals surface area contributed by atoms with Crippen molar-refractivity contribution < 1.29 is 0 Å². The summed E-state index contributed by atoms with van der Waals surface area (Å²) in [5.74, 6) is 1.39. The van der Waals surface area contributed by atoms with Crippen LogP contribution in [-0.2, 0) is 0 Å². The van der Waals surface area contributed by atoms with Gasteiger partial charge in [0.1, 0.15) is 0 Å². The summed E-state index contributed by atoms with van der Waals surface area (Å²) in [4.78, 5) is 40.7. The van der Waals surface area contributed by atoms with E-state index in [-0.39, 0.29) is 0 Å². The maximum absolute atomic E-state index is 5.21. The largest absolute Gasteiger partial charge is 0.251 e. The summed E-state index contributed by atoms with van der Waals surface area (Å²) in [6, 6.07) is 140. The van der Waals surface area contributed by atoms with Crippen LogP contribution in [0.15, 0.2) is 400 Å². The normalized spacial score (nSPS) is 11.2. The SMILES string of the molecule is Cc1ccc2ccc3c(-c4cccc(-c5ccc(-c6cc(-c7ccc(-c8ccccc8)cc7)nc(-c7ccccc7)n6)cc5)c4)cc(-c4ccccc4)nc3c2n1.Cc1ccc2ccc3c(-c4cccc(-c5ccc(-c6cc(-c7ccccc7)nc(-c7ccc(-c8ccccc8)cc7)n6)cc5)c4)cc(-c4ccccc4)nc3c2n1. The van der Waals surface area contributed by atoms with Gasteiger partial charge in [-0.2, -0.15) is 0 Å². The Labute approximate surface area is 662 Å². The standard InChI is InChI=1S/2C53H36N4/c1-35-20-21-42-30-31-46-47(33-48(39-14-7-3-8-15-39)55-52(46)51(42)54-35)45-19-11-18-44(32-45)38-22-26-41(27-23-38)50-34-49(40-16-9-4-10-17-40)56-53(57-50)43-28-24-37(25-29-43)36-12-5-2-6-13-36;1-35-20-21-42-30-31-46-47(33-48(39-14-7-3-8-15-39)55-52(46)51(42)54-35)45-19-11-18-44(32-45)38-24-28-41(29-25-38)50-34-49(56-53(57-50)43-16-9-4-10-17-43)40-26-22-37(23-27-40)36-12-5-2-6-13-36/h2*2-34H,1H3. The molecule has 0 amide bonds. The van der Waals surface area contributed by atoms with Gasteiger partial charge < -0.3 is 0 Å². The van der Waals surface area contributed by atoms with Gasteiger partial charge in [0.2, 0.25) is 0 Å². The van der Waals surface area contributed by atoms with Gasteiger partial charge in [-0.1, -0.05) is 352 Å². The fraction of sp³-hybridized carbons (Fsp3) is 0.0189. The first-order chi connectivity index (χ1) is 56.2. The third kappa shape index (κ3) is 14.4. The molecule has 0 N–H and O–H groups in total. The second-order valence-electron chi connectivity index (χ2n) is 28.7. The lowest BCUT2D eigenvalue weighted by Gasteiger charge is -2.14. The third-order valence-electron chi connectivity index (χ3n) is 21.2. The number of fused-ring (bicyclic) bond motifs is 6. The summed E-state index contributed by atoms with van der Waals surface area (Å²) < 4.78 is 0. The number of pyridine rings is 4. The summed E-state index contributed by atoms with van der Waals surface area (Å²) in [6.45, 7) is 4.07. The summed E-state index contributed by atoms with van der Waals surface area (Å²) in [6.07, 6.45) is 0. The molecule has 0 radical (unpaired) electrons. The molecule has 0 fully saturated rings. The molecule has 0 atom stereocenters. The van der Waals surface area contributed by atoms with Gasteiger partial charge in [-0.05, 0) is 129 Å². The summed E-state index contributed by atoms with van der Waals surface area (Å²) in [5.41, 5.74) is 32.9. The van der Waals surface area contributed by atoms with Crippen molar-refractivity contribution in [1.29, 1.82) is 0 Å². The number of hydrogen-bond donors (Lipinski definition) is 0. The van der Waals surface area contributed by atoms with Gasteiger partial charge in [0, 0.05) is 77.4 Å². The molecule has 0 aliphatic carbocycles.